The van der Waals surface area contributed by atoms with Gasteiger partial charge in [0, 0.05) is 78.1 Å². The first-order valence-electron chi connectivity index (χ1n) is 31.6. The van der Waals surface area contributed by atoms with Crippen LogP contribution in [0.25, 0.3) is 0 Å². The minimum atomic E-state index is -3.22. The molecule has 5 rings (SSSR count). The van der Waals surface area contributed by atoms with Crippen molar-refractivity contribution >= 4 is 109 Å². The van der Waals surface area contributed by atoms with Gasteiger partial charge in [0.05, 0.1) is 52.3 Å². The van der Waals surface area contributed by atoms with Crippen LogP contribution in [0.5, 0.6) is 0 Å². The van der Waals surface area contributed by atoms with E-state index in [4.69, 9.17) is 54.9 Å². The van der Waals surface area contributed by atoms with E-state index in [0.29, 0.717) is 67.4 Å². The number of hydrogen-bond acceptors (Lipinski definition) is 32. The molecule has 0 radical (unpaired) electrons. The summed E-state index contributed by atoms with van der Waals surface area (Å²) in [5.74, 6) is 2.60. The maximum absolute atomic E-state index is 11.2. The Morgan fingerprint density at radius 2 is 0.946 bits per heavy atom. The predicted octanol–water partition coefficient (Wildman–Crippen LogP) is 3.71. The Bertz CT molecular complexity index is 3490. The van der Waals surface area contributed by atoms with E-state index in [-0.39, 0.29) is 162 Å². The summed E-state index contributed by atoms with van der Waals surface area (Å²) in [6.07, 6.45) is 7.57. The number of hydrogen-bond donors (Lipinski definition) is 9. The Morgan fingerprint density at radius 3 is 1.17 bits per heavy atom. The van der Waals surface area contributed by atoms with Crippen LogP contribution in [-0.4, -0.2) is 152 Å². The van der Waals surface area contributed by atoms with E-state index < -0.39 is 37.2 Å². The second kappa shape index (κ2) is 71.9. The number of aromatic amines is 2. The van der Waals surface area contributed by atoms with Crippen LogP contribution in [0.2, 0.25) is 5.15 Å². The molecule has 0 aliphatic rings. The van der Waals surface area contributed by atoms with Crippen LogP contribution in [0, 0.1) is 41.2 Å². The number of anilines is 3. The Balaban J connectivity index is -0.0000000791. The van der Waals surface area contributed by atoms with Gasteiger partial charge in [-0.2, -0.15) is 0 Å². The zero-order chi connectivity index (χ0) is 85.6. The molecule has 112 heavy (non-hydrogen) atoms. The predicted molar refractivity (Wildman–Crippen MR) is 430 cm³/mol. The molecular weight excluding hydrogens is 1600 g/mol. The number of carbonyl (C=O) groups is 3. The second-order valence-electron chi connectivity index (χ2n) is 25.8. The molecule has 0 spiro atoms. The molecule has 40 nitrogen and oxygen atoms in total. The molecule has 0 saturated carbocycles. The quantitative estimate of drug-likeness (QED) is 0.00782. The molecule has 0 aliphatic carbocycles. The largest absolute Gasteiger partial charge is 1.00 e. The fourth-order valence-electron chi connectivity index (χ4n) is 4.87. The van der Waals surface area contributed by atoms with Gasteiger partial charge >= 0.3 is 98.9 Å². The van der Waals surface area contributed by atoms with Gasteiger partial charge in [0.15, 0.2) is 0 Å². The maximum atomic E-state index is 11.2. The van der Waals surface area contributed by atoms with Gasteiger partial charge in [-0.3, -0.25) is 59.5 Å². The number of nitrogens with zero attached hydrogens (tertiary/aromatic N) is 11. The van der Waals surface area contributed by atoms with E-state index in [0.717, 1.165) is 50.8 Å². The van der Waals surface area contributed by atoms with Crippen LogP contribution in [0.1, 0.15) is 210 Å². The molecule has 638 valence electrons. The maximum Gasteiger partial charge on any atom is 1.00 e. The van der Waals surface area contributed by atoms with E-state index in [2.05, 4.69) is 97.8 Å². The van der Waals surface area contributed by atoms with Crippen molar-refractivity contribution in [1.29, 1.82) is 5.41 Å². The van der Waals surface area contributed by atoms with Crippen LogP contribution in [-0.2, 0) is 65.0 Å². The third-order valence-electron chi connectivity index (χ3n) is 10.1. The first-order valence-corrected chi connectivity index (χ1v) is 36.4. The minimum absolute atomic E-state index is 0. The van der Waals surface area contributed by atoms with Gasteiger partial charge in [0.1, 0.15) is 53.5 Å². The van der Waals surface area contributed by atoms with Crippen molar-refractivity contribution in [3.63, 3.8) is 0 Å². The number of nitrogen functional groups attached to an aromatic ring is 3. The number of aromatic nitrogens is 10. The number of rotatable bonds is 10. The fraction of sp³-hybridized carbons (Fsp3) is 0.600. The molecule has 0 amide bonds. The molecule has 5 aromatic heterocycles. The summed E-state index contributed by atoms with van der Waals surface area (Å²) in [7, 11) is 1.00. The number of nitro groups is 3. The molecule has 0 bridgehead atoms. The molecule has 0 aliphatic heterocycles. The minimum Gasteiger partial charge on any atom is -0.878 e. The topological polar surface area (TPSA) is 696 Å². The van der Waals surface area contributed by atoms with E-state index >= 15 is 0 Å². The Morgan fingerprint density at radius 1 is 0.607 bits per heavy atom. The number of amidine groups is 1. The van der Waals surface area contributed by atoms with Crippen molar-refractivity contribution in [2.24, 2.45) is 11.1 Å². The average molecular weight is 1720 g/mol. The molecule has 0 saturated heterocycles. The summed E-state index contributed by atoms with van der Waals surface area (Å²) in [4.78, 5) is 117. The van der Waals surface area contributed by atoms with Crippen molar-refractivity contribution in [2.45, 2.75) is 208 Å². The summed E-state index contributed by atoms with van der Waals surface area (Å²) in [5.41, 5.74) is 19.0. The zero-order valence-electron chi connectivity index (χ0n) is 69.1. The first kappa shape index (κ1) is 137. The first-order chi connectivity index (χ1) is 48.1. The number of halogens is 4. The molecular formula is C65H122Cl4N19Na2O21P. The summed E-state index contributed by atoms with van der Waals surface area (Å²) >= 11 is 19.5. The van der Waals surface area contributed by atoms with Crippen LogP contribution in [0.15, 0.2) is 59.0 Å². The average Bonchev–Trinajstić information content (AvgIpc) is 0.844. The SMILES string of the molecule is C.CC(C)(C)C(=N)N.CC(C)(C)c1ncc(N)c(N)n1.CC(C)(C)c1ncc([N+](=O)[O-])c(=O)[nH]1.CC(C)(C)c1ncc([N+](=O)[O-])c(Cl)n1.CC(C)(C)c1ncc([N+](=O)[O-])c(N)n1.CC(C)(C)c1nccc(=O)[nH]1.CCOC(=O)/C=C/[O-].CCOC(C)=O.CCOC=O.CCOCC.CC[O-].CO.N.O.O.O=P(Cl)(Cl)Cl.[Na+].[Na+]. The molecule has 0 atom stereocenters. The number of ether oxygens (including phenoxy) is 4. The molecule has 5 heterocycles. The second-order valence-corrected chi connectivity index (χ2v) is 32.8. The van der Waals surface area contributed by atoms with Gasteiger partial charge in [-0.1, -0.05) is 151 Å². The molecule has 0 fully saturated rings. The van der Waals surface area contributed by atoms with E-state index in [1.807, 2.05) is 138 Å². The van der Waals surface area contributed by atoms with Crippen LogP contribution < -0.4 is 110 Å². The summed E-state index contributed by atoms with van der Waals surface area (Å²) < 4.78 is 27.3. The van der Waals surface area contributed by atoms with E-state index in [9.17, 15) is 64.0 Å². The summed E-state index contributed by atoms with van der Waals surface area (Å²) in [5, 5.41) is 60.2. The molecule has 5 aromatic rings. The Kier molecular flexibility index (Phi) is 88.2. The molecule has 0 aromatic carbocycles. The molecule has 0 unspecified atom stereocenters. The van der Waals surface area contributed by atoms with Crippen molar-refractivity contribution in [3.05, 3.63) is 135 Å². The number of carbonyl (C=O) groups excluding carboxylic acids is 3. The number of nitrogens with one attached hydrogen (secondary N) is 3. The number of aliphatic hydroxyl groups excluding tert-OH is 1. The van der Waals surface area contributed by atoms with E-state index in [1.165, 1.54) is 19.2 Å². The van der Waals surface area contributed by atoms with Crippen LogP contribution in [0.3, 0.4) is 0 Å². The Hall–Kier alpha value is -6.83. The van der Waals surface area contributed by atoms with Gasteiger partial charge in [-0.05, 0) is 68.3 Å². The summed E-state index contributed by atoms with van der Waals surface area (Å²) in [6.45, 7) is 50.4. The Labute approximate surface area is 720 Å². The van der Waals surface area contributed by atoms with Crippen LogP contribution >= 0.6 is 50.5 Å². The van der Waals surface area contributed by atoms with Crippen molar-refractivity contribution < 1.29 is 138 Å². The molecule has 47 heteroatoms. The van der Waals surface area contributed by atoms with Gasteiger partial charge < -0.3 is 84.3 Å². The monoisotopic (exact) mass is 1720 g/mol. The van der Waals surface area contributed by atoms with E-state index in [1.54, 1.807) is 33.9 Å². The van der Waals surface area contributed by atoms with Gasteiger partial charge in [-0.15, -0.1) is 12.9 Å². The number of nitrogens with two attached hydrogens (primary N) is 4. The third kappa shape index (κ3) is 79.8. The number of esters is 2. The normalized spacial score (nSPS) is 9.86. The van der Waals surface area contributed by atoms with Crippen molar-refractivity contribution in [2.75, 3.05) is 64.0 Å². The smallest absolute Gasteiger partial charge is 0.878 e. The number of aliphatic hydroxyl groups is 1. The van der Waals surface area contributed by atoms with Gasteiger partial charge in [0.2, 0.25) is 11.0 Å². The zero-order valence-corrected chi connectivity index (χ0v) is 77.0. The van der Waals surface area contributed by atoms with Crippen molar-refractivity contribution in [3.8, 4) is 0 Å². The molecule has 19 N–H and O–H groups in total. The van der Waals surface area contributed by atoms with Gasteiger partial charge in [0.25, 0.3) is 12.0 Å². The van der Waals surface area contributed by atoms with Crippen LogP contribution in [0.4, 0.5) is 34.4 Å². The fourth-order valence-corrected chi connectivity index (χ4v) is 5.06. The van der Waals surface area contributed by atoms with Gasteiger partial charge in [-0.25, -0.2) is 44.7 Å². The third-order valence-corrected chi connectivity index (χ3v) is 10.4. The number of H-pyrrole nitrogens is 2. The van der Waals surface area contributed by atoms with Crippen molar-refractivity contribution in [1.82, 2.24) is 56.0 Å². The standard InChI is InChI=1S/C8H10ClN3O2.C8H12N4O2.C8H14N4.C8H11N3O3.C8H12N2O.C5H12N2.C5H8O3.C4H8O2.C4H10O.C3H6O2.C2H5O.CH4O.CH4.Cl3OP.H3N.2Na.2H2O/c2*1-8(2,3)7-10-4-5(12(13)14)6(9)11-7;1-8(2,3)7-11-4-5(9)6(10)12-7;1-8(2,3)7-9-4-5(11(13)14)6(12)10-7;1-8(2,3)7-9-5-4-6(11)10-7;1-5(2,3)4(6)7;1-2-8-5(7)3-4-6;1-3-6-4(2)5;1-3-5-4-2;1-2-5-3-4;1-2-3;1-2;;1-5(2,3)4;;;;;/h4H,1-3H3;4H,1-3H3,(H2,9,10,11);4H,9H2,1-3H3,(H2,10,11,12);4H,1-3H3,(H,9,10,12);4-5H,1-3H3,(H,9,10,11);1-3H3,(H3,6,7);3-4,6H,2H2,1H3;3H2,1-2H3;3-4H2,1-2H3;3H,2H2,1H3;2H2,1H3;2H,1H3;1H4;;1H3;;;2*1H2/q;;;;;;;;;;-1;;;;;2*+1;;/p-1/b;;;;;;4-3+;;;;;;;;;;;;. The summed E-state index contributed by atoms with van der Waals surface area (Å²) in [6, 6.07) is 1.41.